The molecule has 0 unspecified atom stereocenters. The van der Waals surface area contributed by atoms with Crippen molar-refractivity contribution in [1.82, 2.24) is 0 Å². The Morgan fingerprint density at radius 3 is 1.88 bits per heavy atom. The third-order valence-electron chi connectivity index (χ3n) is 3.17. The van der Waals surface area contributed by atoms with Crippen molar-refractivity contribution in [3.8, 4) is 11.5 Å². The highest BCUT2D eigenvalue weighted by Crippen LogP contribution is 2.46. The average Bonchev–Trinajstić information content (AvgIpc) is 2.35. The first kappa shape index (κ1) is 10.2. The highest BCUT2D eigenvalue weighted by molar-refractivity contribution is 5.56. The third-order valence-corrected chi connectivity index (χ3v) is 3.17. The quantitative estimate of drug-likeness (QED) is 0.645. The minimum atomic E-state index is 0.246. The minimum absolute atomic E-state index is 0.246. The van der Waals surface area contributed by atoms with Gasteiger partial charge in [-0.25, -0.2) is 0 Å². The van der Waals surface area contributed by atoms with Crippen molar-refractivity contribution in [3.05, 3.63) is 71.8 Å². The van der Waals surface area contributed by atoms with Crippen molar-refractivity contribution >= 4 is 0 Å². The Balaban J connectivity index is 2.24. The third kappa shape index (κ3) is 1.55. The van der Waals surface area contributed by atoms with Gasteiger partial charge in [0.05, 0.1) is 0 Å². The van der Waals surface area contributed by atoms with Crippen molar-refractivity contribution < 1.29 is 4.74 Å². The Morgan fingerprint density at radius 1 is 0.941 bits per heavy atom. The molecular weight excluding hydrogens is 208 g/mol. The molecule has 1 aliphatic rings. The van der Waals surface area contributed by atoms with Crippen molar-refractivity contribution in [1.29, 1.82) is 0 Å². The van der Waals surface area contributed by atoms with Crippen LogP contribution in [-0.4, -0.2) is 0 Å². The summed E-state index contributed by atoms with van der Waals surface area (Å²) < 4.78 is 5.92. The summed E-state index contributed by atoms with van der Waals surface area (Å²) in [6.45, 7) is 6.19. The van der Waals surface area contributed by atoms with E-state index in [0.717, 1.165) is 17.1 Å². The predicted molar refractivity (Wildman–Crippen MR) is 69.6 cm³/mol. The highest BCUT2D eigenvalue weighted by Gasteiger charge is 2.26. The van der Waals surface area contributed by atoms with Crippen LogP contribution >= 0.6 is 0 Å². The van der Waals surface area contributed by atoms with Gasteiger partial charge in [0.25, 0.3) is 0 Å². The molecule has 1 heteroatoms. The molecule has 1 aliphatic heterocycles. The summed E-state index contributed by atoms with van der Waals surface area (Å²) >= 11 is 0. The molecule has 0 fully saturated rings. The van der Waals surface area contributed by atoms with Crippen LogP contribution in [0.4, 0.5) is 0 Å². The average molecular weight is 222 g/mol. The number of para-hydroxylation sites is 2. The zero-order chi connectivity index (χ0) is 11.8. The number of fused-ring (bicyclic) bond motifs is 2. The van der Waals surface area contributed by atoms with E-state index in [1.807, 2.05) is 36.4 Å². The fourth-order valence-electron chi connectivity index (χ4n) is 2.44. The molecule has 0 spiro atoms. The largest absolute Gasteiger partial charge is 0.457 e. The molecule has 84 valence electrons. The lowest BCUT2D eigenvalue weighted by atomic mass is 9.84. The zero-order valence-corrected chi connectivity index (χ0v) is 9.81. The van der Waals surface area contributed by atoms with Crippen LogP contribution in [0.1, 0.15) is 24.0 Å². The lowest BCUT2D eigenvalue weighted by molar-refractivity contribution is 0.452. The number of hydrogen-bond donors (Lipinski definition) is 0. The normalized spacial score (nSPS) is 13.5. The number of hydrogen-bond acceptors (Lipinski definition) is 1. The topological polar surface area (TPSA) is 9.23 Å². The maximum absolute atomic E-state index is 5.92. The van der Waals surface area contributed by atoms with E-state index in [-0.39, 0.29) is 5.92 Å². The molecule has 0 bridgehead atoms. The van der Waals surface area contributed by atoms with Gasteiger partial charge in [0.1, 0.15) is 11.5 Å². The number of benzene rings is 2. The van der Waals surface area contributed by atoms with Crippen molar-refractivity contribution in [2.24, 2.45) is 0 Å². The van der Waals surface area contributed by atoms with Crippen LogP contribution in [0.25, 0.3) is 0 Å². The van der Waals surface area contributed by atoms with Gasteiger partial charge in [-0.3, -0.25) is 0 Å². The second kappa shape index (κ2) is 3.77. The summed E-state index contributed by atoms with van der Waals surface area (Å²) in [6, 6.07) is 16.4. The molecule has 0 amide bonds. The molecule has 2 aromatic rings. The molecule has 0 radical (unpaired) electrons. The number of ether oxygens (including phenoxy) is 1. The Morgan fingerprint density at radius 2 is 1.41 bits per heavy atom. The van der Waals surface area contributed by atoms with Gasteiger partial charge in [-0.1, -0.05) is 48.6 Å². The van der Waals surface area contributed by atoms with Crippen molar-refractivity contribution in [2.75, 3.05) is 0 Å². The van der Waals surface area contributed by atoms with Crippen LogP contribution in [0, 0.1) is 0 Å². The summed E-state index contributed by atoms with van der Waals surface area (Å²) in [6.07, 6.45) is 0. The van der Waals surface area contributed by atoms with Gasteiger partial charge in [0, 0.05) is 17.0 Å². The van der Waals surface area contributed by atoms with E-state index in [4.69, 9.17) is 4.74 Å². The summed E-state index contributed by atoms with van der Waals surface area (Å²) in [4.78, 5) is 0. The maximum Gasteiger partial charge on any atom is 0.131 e. The molecule has 0 atom stereocenters. The molecule has 17 heavy (non-hydrogen) atoms. The van der Waals surface area contributed by atoms with E-state index in [9.17, 15) is 0 Å². The molecule has 0 N–H and O–H groups in total. The van der Waals surface area contributed by atoms with Gasteiger partial charge in [-0.15, -0.1) is 0 Å². The minimum Gasteiger partial charge on any atom is -0.457 e. The van der Waals surface area contributed by atoms with Crippen LogP contribution in [0.5, 0.6) is 11.5 Å². The molecular formula is C16H14O. The lowest BCUT2D eigenvalue weighted by Gasteiger charge is -2.28. The fourth-order valence-corrected chi connectivity index (χ4v) is 2.44. The highest BCUT2D eigenvalue weighted by atomic mass is 16.5. The summed E-state index contributed by atoms with van der Waals surface area (Å²) in [7, 11) is 0. The molecule has 0 saturated carbocycles. The first-order chi connectivity index (χ1) is 8.27. The maximum atomic E-state index is 5.92. The van der Waals surface area contributed by atoms with Crippen LogP contribution < -0.4 is 4.74 Å². The van der Waals surface area contributed by atoms with Crippen molar-refractivity contribution in [3.63, 3.8) is 0 Å². The molecule has 3 rings (SSSR count). The molecule has 1 heterocycles. The Kier molecular flexibility index (Phi) is 2.25. The summed E-state index contributed by atoms with van der Waals surface area (Å²) in [5.74, 6) is 2.13. The molecule has 2 aromatic carbocycles. The molecule has 1 nitrogen and oxygen atoms in total. The Hall–Kier alpha value is -2.02. The lowest BCUT2D eigenvalue weighted by Crippen LogP contribution is -2.10. The molecule has 0 saturated heterocycles. The summed E-state index contributed by atoms with van der Waals surface area (Å²) in [5.41, 5.74) is 3.56. The van der Waals surface area contributed by atoms with Crippen LogP contribution in [0.15, 0.2) is 60.7 Å². The standard InChI is InChI=1S/C16H14O/c1-11(2)16-12-7-3-5-9-14(12)17-15-10-6-4-8-13(15)16/h3-10,16H,1H2,2H3. The predicted octanol–water partition coefficient (Wildman–Crippen LogP) is 4.50. The van der Waals surface area contributed by atoms with E-state index >= 15 is 0 Å². The second-order valence-corrected chi connectivity index (χ2v) is 4.46. The SMILES string of the molecule is C=C(C)C1c2ccccc2Oc2ccccc21. The van der Waals surface area contributed by atoms with E-state index in [0.29, 0.717) is 0 Å². The van der Waals surface area contributed by atoms with Crippen LogP contribution in [0.2, 0.25) is 0 Å². The smallest absolute Gasteiger partial charge is 0.131 e. The monoisotopic (exact) mass is 222 g/mol. The van der Waals surface area contributed by atoms with Gasteiger partial charge in [-0.05, 0) is 19.1 Å². The van der Waals surface area contributed by atoms with E-state index in [1.165, 1.54) is 11.1 Å². The van der Waals surface area contributed by atoms with E-state index in [2.05, 4.69) is 25.6 Å². The van der Waals surface area contributed by atoms with E-state index in [1.54, 1.807) is 0 Å². The van der Waals surface area contributed by atoms with Gasteiger partial charge < -0.3 is 4.74 Å². The van der Waals surface area contributed by atoms with E-state index < -0.39 is 0 Å². The van der Waals surface area contributed by atoms with Crippen molar-refractivity contribution in [2.45, 2.75) is 12.8 Å². The summed E-state index contributed by atoms with van der Waals surface area (Å²) in [5, 5.41) is 0. The zero-order valence-electron chi connectivity index (χ0n) is 9.81. The second-order valence-electron chi connectivity index (χ2n) is 4.46. The number of rotatable bonds is 1. The van der Waals surface area contributed by atoms with Gasteiger partial charge in [-0.2, -0.15) is 0 Å². The van der Waals surface area contributed by atoms with Gasteiger partial charge in [0.15, 0.2) is 0 Å². The Bertz CT molecular complexity index is 538. The molecule has 0 aliphatic carbocycles. The van der Waals surface area contributed by atoms with Gasteiger partial charge in [0.2, 0.25) is 0 Å². The van der Waals surface area contributed by atoms with Crippen LogP contribution in [0.3, 0.4) is 0 Å². The first-order valence-electron chi connectivity index (χ1n) is 5.78. The van der Waals surface area contributed by atoms with Gasteiger partial charge >= 0.3 is 0 Å². The number of allylic oxidation sites excluding steroid dienone is 1. The Labute approximate surface area is 101 Å². The van der Waals surface area contributed by atoms with Crippen LogP contribution in [-0.2, 0) is 0 Å². The fraction of sp³-hybridized carbons (Fsp3) is 0.125. The first-order valence-corrected chi connectivity index (χ1v) is 5.78. The molecule has 0 aromatic heterocycles.